The first-order chi connectivity index (χ1) is 10.5. The first-order valence-corrected chi connectivity index (χ1v) is 8.47. The number of hydrogen-bond donors (Lipinski definition) is 1. The molecule has 5 nitrogen and oxygen atoms in total. The molecule has 2 aromatic rings. The molecule has 0 fully saturated rings. The summed E-state index contributed by atoms with van der Waals surface area (Å²) >= 11 is 1.76. The van der Waals surface area contributed by atoms with Crippen LogP contribution in [0.15, 0.2) is 23.8 Å². The molecule has 118 valence electrons. The summed E-state index contributed by atoms with van der Waals surface area (Å²) in [7, 11) is 1.97. The molecule has 3 rings (SSSR count). The monoisotopic (exact) mass is 318 g/mol. The summed E-state index contributed by atoms with van der Waals surface area (Å²) in [6.07, 6.45) is 1.81. The van der Waals surface area contributed by atoms with E-state index in [2.05, 4.69) is 32.7 Å². The van der Waals surface area contributed by atoms with E-state index in [-0.39, 0.29) is 17.9 Å². The number of thiophene rings is 1. The summed E-state index contributed by atoms with van der Waals surface area (Å²) in [6, 6.07) is 4.36. The second-order valence-electron chi connectivity index (χ2n) is 6.15. The molecular formula is C16H22N4OS. The van der Waals surface area contributed by atoms with E-state index in [0.29, 0.717) is 0 Å². The van der Waals surface area contributed by atoms with Crippen molar-refractivity contribution in [2.45, 2.75) is 38.9 Å². The molecule has 1 aliphatic heterocycles. The smallest absolute Gasteiger partial charge is 0.230 e. The van der Waals surface area contributed by atoms with Gasteiger partial charge in [-0.15, -0.1) is 11.3 Å². The van der Waals surface area contributed by atoms with E-state index < -0.39 is 0 Å². The number of amides is 1. The Morgan fingerprint density at radius 2 is 2.36 bits per heavy atom. The Labute approximate surface area is 135 Å². The number of nitrogens with one attached hydrogen (secondary N) is 1. The summed E-state index contributed by atoms with van der Waals surface area (Å²) in [4.78, 5) is 20.7. The lowest BCUT2D eigenvalue weighted by Gasteiger charge is -2.32. The molecule has 2 aromatic heterocycles. The van der Waals surface area contributed by atoms with Gasteiger partial charge in [0.05, 0.1) is 23.6 Å². The van der Waals surface area contributed by atoms with Gasteiger partial charge in [-0.1, -0.05) is 6.07 Å². The Morgan fingerprint density at radius 3 is 3.05 bits per heavy atom. The zero-order valence-electron chi connectivity index (χ0n) is 13.2. The Kier molecular flexibility index (Phi) is 4.31. The maximum Gasteiger partial charge on any atom is 0.230 e. The topological polar surface area (TPSA) is 50.2 Å². The lowest BCUT2D eigenvalue weighted by molar-refractivity contribution is -0.124. The third-order valence-electron chi connectivity index (χ3n) is 3.91. The predicted octanol–water partition coefficient (Wildman–Crippen LogP) is 2.11. The molecule has 1 aliphatic rings. The minimum Gasteiger partial charge on any atom is -0.353 e. The van der Waals surface area contributed by atoms with Crippen molar-refractivity contribution in [2.24, 2.45) is 7.05 Å². The van der Waals surface area contributed by atoms with Crippen molar-refractivity contribution in [3.8, 4) is 0 Å². The molecule has 6 heteroatoms. The molecule has 0 saturated carbocycles. The van der Waals surface area contributed by atoms with Gasteiger partial charge in [0.1, 0.15) is 0 Å². The minimum absolute atomic E-state index is 0.0933. The van der Waals surface area contributed by atoms with E-state index in [4.69, 9.17) is 0 Å². The zero-order valence-corrected chi connectivity index (χ0v) is 14.1. The highest BCUT2D eigenvalue weighted by Gasteiger charge is 2.34. The second-order valence-corrected chi connectivity index (χ2v) is 7.18. The van der Waals surface area contributed by atoms with Crippen LogP contribution in [0.5, 0.6) is 0 Å². The van der Waals surface area contributed by atoms with Crippen LogP contribution in [0.4, 0.5) is 0 Å². The number of aromatic nitrogens is 2. The van der Waals surface area contributed by atoms with Gasteiger partial charge in [-0.3, -0.25) is 9.69 Å². The van der Waals surface area contributed by atoms with Crippen LogP contribution in [0.2, 0.25) is 0 Å². The molecule has 0 saturated heterocycles. The van der Waals surface area contributed by atoms with Crippen LogP contribution in [-0.2, 0) is 24.9 Å². The molecule has 1 atom stereocenters. The van der Waals surface area contributed by atoms with Crippen molar-refractivity contribution in [3.63, 3.8) is 0 Å². The number of aryl methyl sites for hydroxylation is 1. The molecule has 22 heavy (non-hydrogen) atoms. The summed E-state index contributed by atoms with van der Waals surface area (Å²) in [5, 5.41) is 5.14. The standard InChI is InChI=1S/C16H22N4OS/c1-11(2)18-16(21)13-8-20(7-12-5-4-6-22-12)9-14-15(13)19(3)10-17-14/h4-6,10-11,13H,7-9H2,1-3H3,(H,18,21). The Hall–Kier alpha value is -1.66. The highest BCUT2D eigenvalue weighted by atomic mass is 32.1. The van der Waals surface area contributed by atoms with Gasteiger partial charge in [-0.05, 0) is 25.3 Å². The molecule has 1 N–H and O–H groups in total. The van der Waals surface area contributed by atoms with E-state index in [9.17, 15) is 4.79 Å². The summed E-state index contributed by atoms with van der Waals surface area (Å²) in [5.41, 5.74) is 2.08. The van der Waals surface area contributed by atoms with E-state index in [1.54, 1.807) is 11.3 Å². The number of rotatable bonds is 4. The number of nitrogens with zero attached hydrogens (tertiary/aromatic N) is 3. The van der Waals surface area contributed by atoms with Crippen LogP contribution in [0.1, 0.15) is 36.0 Å². The van der Waals surface area contributed by atoms with Crippen LogP contribution in [0, 0.1) is 0 Å². The summed E-state index contributed by atoms with van der Waals surface area (Å²) < 4.78 is 1.99. The van der Waals surface area contributed by atoms with E-state index >= 15 is 0 Å². The molecular weight excluding hydrogens is 296 g/mol. The van der Waals surface area contributed by atoms with Gasteiger partial charge in [0.2, 0.25) is 5.91 Å². The molecule has 0 aliphatic carbocycles. The fourth-order valence-electron chi connectivity index (χ4n) is 3.01. The van der Waals surface area contributed by atoms with Gasteiger partial charge in [0, 0.05) is 37.6 Å². The molecule has 0 aromatic carbocycles. The maximum absolute atomic E-state index is 12.6. The van der Waals surface area contributed by atoms with Crippen molar-refractivity contribution in [2.75, 3.05) is 6.54 Å². The highest BCUT2D eigenvalue weighted by Crippen LogP contribution is 2.29. The number of carbonyl (C=O) groups is 1. The summed E-state index contributed by atoms with van der Waals surface area (Å²) in [5.74, 6) is -0.0608. The summed E-state index contributed by atoms with van der Waals surface area (Å²) in [6.45, 7) is 6.41. The van der Waals surface area contributed by atoms with Gasteiger partial charge in [0.25, 0.3) is 0 Å². The second kappa shape index (κ2) is 6.22. The minimum atomic E-state index is -0.154. The number of imidazole rings is 1. The van der Waals surface area contributed by atoms with Crippen molar-refractivity contribution in [3.05, 3.63) is 40.1 Å². The Bertz CT molecular complexity index is 647. The molecule has 1 unspecified atom stereocenters. The largest absolute Gasteiger partial charge is 0.353 e. The van der Waals surface area contributed by atoms with Crippen molar-refractivity contribution in [1.82, 2.24) is 19.8 Å². The van der Waals surface area contributed by atoms with E-state index in [1.165, 1.54) is 4.88 Å². The van der Waals surface area contributed by atoms with Crippen LogP contribution in [0.25, 0.3) is 0 Å². The lowest BCUT2D eigenvalue weighted by atomic mass is 9.96. The van der Waals surface area contributed by atoms with Crippen LogP contribution in [-0.4, -0.2) is 32.9 Å². The van der Waals surface area contributed by atoms with Gasteiger partial charge in [-0.25, -0.2) is 4.98 Å². The molecule has 1 amide bonds. The van der Waals surface area contributed by atoms with Gasteiger partial charge < -0.3 is 9.88 Å². The van der Waals surface area contributed by atoms with Crippen molar-refractivity contribution < 1.29 is 4.79 Å². The molecule has 0 bridgehead atoms. The van der Waals surface area contributed by atoms with E-state index in [0.717, 1.165) is 31.0 Å². The van der Waals surface area contributed by atoms with Crippen LogP contribution in [0.3, 0.4) is 0 Å². The molecule has 0 spiro atoms. The van der Waals surface area contributed by atoms with Crippen LogP contribution < -0.4 is 5.32 Å². The van der Waals surface area contributed by atoms with Gasteiger partial charge >= 0.3 is 0 Å². The molecule has 0 radical (unpaired) electrons. The number of fused-ring (bicyclic) bond motifs is 1. The fourth-order valence-corrected chi connectivity index (χ4v) is 3.76. The Balaban J connectivity index is 1.83. The van der Waals surface area contributed by atoms with E-state index in [1.807, 2.05) is 31.8 Å². The average molecular weight is 318 g/mol. The van der Waals surface area contributed by atoms with Gasteiger partial charge in [0.15, 0.2) is 0 Å². The average Bonchev–Trinajstić information content (AvgIpc) is 3.08. The number of hydrogen-bond acceptors (Lipinski definition) is 4. The van der Waals surface area contributed by atoms with Crippen molar-refractivity contribution in [1.29, 1.82) is 0 Å². The maximum atomic E-state index is 12.6. The predicted molar refractivity (Wildman–Crippen MR) is 87.7 cm³/mol. The quantitative estimate of drug-likeness (QED) is 0.939. The fraction of sp³-hybridized carbons (Fsp3) is 0.500. The third-order valence-corrected chi connectivity index (χ3v) is 4.77. The lowest BCUT2D eigenvalue weighted by Crippen LogP contribution is -2.43. The zero-order chi connectivity index (χ0) is 15.7. The van der Waals surface area contributed by atoms with Gasteiger partial charge in [-0.2, -0.15) is 0 Å². The molecule has 3 heterocycles. The number of carbonyl (C=O) groups excluding carboxylic acids is 1. The normalized spacial score (nSPS) is 18.5. The van der Waals surface area contributed by atoms with Crippen LogP contribution >= 0.6 is 11.3 Å². The Morgan fingerprint density at radius 1 is 1.55 bits per heavy atom. The first-order valence-electron chi connectivity index (χ1n) is 7.59. The highest BCUT2D eigenvalue weighted by molar-refractivity contribution is 7.09. The van der Waals surface area contributed by atoms with Crippen molar-refractivity contribution >= 4 is 17.2 Å². The first kappa shape index (κ1) is 15.2. The SMILES string of the molecule is CC(C)NC(=O)C1CN(Cc2cccs2)Cc2ncn(C)c21. The third kappa shape index (κ3) is 3.08.